The highest BCUT2D eigenvalue weighted by Crippen LogP contribution is 2.37. The van der Waals surface area contributed by atoms with E-state index in [1.54, 1.807) is 13.3 Å². The fourth-order valence-electron chi connectivity index (χ4n) is 2.80. The molecule has 0 aliphatic carbocycles. The largest absolute Gasteiger partial charge is 0.493 e. The second kappa shape index (κ2) is 11.2. The first-order chi connectivity index (χ1) is 15.8. The molecular weight excluding hydrogens is 508 g/mol. The number of hydrogen-bond acceptors (Lipinski definition) is 8. The Labute approximate surface area is 207 Å². The number of benzene rings is 2. The third kappa shape index (κ3) is 6.49. The number of rotatable bonds is 9. The number of halogens is 2. The number of aromatic nitrogens is 2. The van der Waals surface area contributed by atoms with Crippen LogP contribution in [0.15, 0.2) is 52.0 Å². The Hall–Kier alpha value is -3.04. The van der Waals surface area contributed by atoms with Gasteiger partial charge in [-0.25, -0.2) is 0 Å². The number of ether oxygens (including phenoxy) is 2. The molecule has 0 bridgehead atoms. The van der Waals surface area contributed by atoms with E-state index in [4.69, 9.17) is 21.1 Å². The molecule has 0 amide bonds. The van der Waals surface area contributed by atoms with Crippen molar-refractivity contribution in [3.8, 4) is 11.5 Å². The van der Waals surface area contributed by atoms with Crippen LogP contribution in [0.25, 0.3) is 0 Å². The maximum absolute atomic E-state index is 6.23. The van der Waals surface area contributed by atoms with Gasteiger partial charge in [-0.2, -0.15) is 15.1 Å². The molecule has 0 fully saturated rings. The van der Waals surface area contributed by atoms with E-state index in [9.17, 15) is 0 Å². The molecule has 1 aromatic heterocycles. The summed E-state index contributed by atoms with van der Waals surface area (Å²) in [5.41, 5.74) is 4.67. The molecule has 0 unspecified atom stereocenters. The van der Waals surface area contributed by atoms with E-state index in [2.05, 4.69) is 36.4 Å². The zero-order valence-electron chi connectivity index (χ0n) is 19.1. The molecule has 0 radical (unpaired) electrons. The normalized spacial score (nSPS) is 10.9. The first-order valence-corrected chi connectivity index (χ1v) is 11.2. The van der Waals surface area contributed by atoms with Gasteiger partial charge in [0.1, 0.15) is 12.4 Å². The Balaban J connectivity index is 1.76. The lowest BCUT2D eigenvalue weighted by atomic mass is 10.2. The van der Waals surface area contributed by atoms with Crippen molar-refractivity contribution in [2.45, 2.75) is 6.61 Å². The smallest absolute Gasteiger partial charge is 0.228 e. The molecule has 0 saturated heterocycles. The van der Waals surface area contributed by atoms with E-state index in [1.807, 2.05) is 80.5 Å². The molecule has 0 atom stereocenters. The third-order valence-electron chi connectivity index (χ3n) is 4.53. The van der Waals surface area contributed by atoms with Gasteiger partial charge in [0, 0.05) is 44.8 Å². The molecule has 0 aliphatic rings. The Bertz CT molecular complexity index is 1110. The first-order valence-electron chi connectivity index (χ1n) is 10.0. The van der Waals surface area contributed by atoms with Crippen molar-refractivity contribution in [3.63, 3.8) is 0 Å². The summed E-state index contributed by atoms with van der Waals surface area (Å²) in [5.74, 6) is 3.10. The predicted octanol–water partition coefficient (Wildman–Crippen LogP) is 5.06. The molecule has 8 nitrogen and oxygen atoms in total. The van der Waals surface area contributed by atoms with Gasteiger partial charge in [-0.05, 0) is 39.7 Å². The number of anilines is 3. The van der Waals surface area contributed by atoms with E-state index in [-0.39, 0.29) is 0 Å². The van der Waals surface area contributed by atoms with E-state index >= 15 is 0 Å². The molecule has 0 aliphatic heterocycles. The van der Waals surface area contributed by atoms with Crippen LogP contribution < -0.4 is 24.7 Å². The van der Waals surface area contributed by atoms with Gasteiger partial charge in [0.25, 0.3) is 0 Å². The van der Waals surface area contributed by atoms with Gasteiger partial charge in [0.15, 0.2) is 17.3 Å². The molecule has 0 saturated carbocycles. The lowest BCUT2D eigenvalue weighted by molar-refractivity contribution is 0.282. The van der Waals surface area contributed by atoms with E-state index in [0.717, 1.165) is 21.4 Å². The van der Waals surface area contributed by atoms with E-state index < -0.39 is 0 Å². The van der Waals surface area contributed by atoms with Gasteiger partial charge >= 0.3 is 0 Å². The van der Waals surface area contributed by atoms with Crippen LogP contribution in [0, 0.1) is 0 Å². The molecule has 0 spiro atoms. The molecular formula is C23H26BrClN6O2. The van der Waals surface area contributed by atoms with Crippen molar-refractivity contribution >= 4 is 51.3 Å². The molecule has 1 N–H and O–H groups in total. The quantitative estimate of drug-likeness (QED) is 0.304. The number of methoxy groups -OCH3 is 1. The molecule has 3 rings (SSSR count). The van der Waals surface area contributed by atoms with Crippen molar-refractivity contribution in [1.29, 1.82) is 0 Å². The predicted molar refractivity (Wildman–Crippen MR) is 138 cm³/mol. The topological polar surface area (TPSA) is 75.1 Å². The van der Waals surface area contributed by atoms with Crippen molar-refractivity contribution in [2.24, 2.45) is 5.10 Å². The van der Waals surface area contributed by atoms with E-state index in [1.165, 1.54) is 0 Å². The zero-order valence-corrected chi connectivity index (χ0v) is 21.5. The Morgan fingerprint density at radius 3 is 2.52 bits per heavy atom. The van der Waals surface area contributed by atoms with Crippen LogP contribution in [0.1, 0.15) is 11.1 Å². The highest BCUT2D eigenvalue weighted by Gasteiger charge is 2.13. The van der Waals surface area contributed by atoms with Crippen molar-refractivity contribution in [1.82, 2.24) is 9.97 Å². The van der Waals surface area contributed by atoms with Gasteiger partial charge in [-0.1, -0.05) is 29.8 Å². The highest BCUT2D eigenvalue weighted by atomic mass is 79.9. The summed E-state index contributed by atoms with van der Waals surface area (Å²) in [6, 6.07) is 13.1. The molecule has 1 heterocycles. The summed E-state index contributed by atoms with van der Waals surface area (Å²) in [4.78, 5) is 12.7. The lowest BCUT2D eigenvalue weighted by Crippen LogP contribution is -2.17. The van der Waals surface area contributed by atoms with Crippen molar-refractivity contribution < 1.29 is 9.47 Å². The monoisotopic (exact) mass is 532 g/mol. The summed E-state index contributed by atoms with van der Waals surface area (Å²) in [6.45, 7) is 0.319. The average Bonchev–Trinajstić information content (AvgIpc) is 2.78. The fraction of sp³-hybridized carbons (Fsp3) is 0.261. The van der Waals surface area contributed by atoms with Gasteiger partial charge in [-0.3, -0.25) is 5.43 Å². The number of hydrogen-bond donors (Lipinski definition) is 1. The minimum absolute atomic E-state index is 0.319. The van der Waals surface area contributed by atoms with Gasteiger partial charge in [0.2, 0.25) is 5.95 Å². The first kappa shape index (κ1) is 24.6. The molecule has 3 aromatic rings. The van der Waals surface area contributed by atoms with Crippen molar-refractivity contribution in [2.75, 3.05) is 50.5 Å². The average molecular weight is 534 g/mol. The van der Waals surface area contributed by atoms with Crippen LogP contribution in [-0.4, -0.2) is 51.5 Å². The minimum atomic E-state index is 0.319. The van der Waals surface area contributed by atoms with Gasteiger partial charge in [-0.15, -0.1) is 0 Å². The molecule has 2 aromatic carbocycles. The number of nitrogens with zero attached hydrogens (tertiary/aromatic N) is 5. The summed E-state index contributed by atoms with van der Waals surface area (Å²) in [7, 11) is 9.22. The van der Waals surface area contributed by atoms with E-state index in [0.29, 0.717) is 34.9 Å². The van der Waals surface area contributed by atoms with Crippen LogP contribution in [0.3, 0.4) is 0 Å². The van der Waals surface area contributed by atoms with Gasteiger partial charge in [0.05, 0.1) is 17.8 Å². The minimum Gasteiger partial charge on any atom is -0.493 e. The summed E-state index contributed by atoms with van der Waals surface area (Å²) in [5, 5.41) is 4.98. The molecule has 174 valence electrons. The molecule has 33 heavy (non-hydrogen) atoms. The van der Waals surface area contributed by atoms with Crippen LogP contribution >= 0.6 is 27.5 Å². The Kier molecular flexibility index (Phi) is 8.35. The lowest BCUT2D eigenvalue weighted by Gasteiger charge is -2.17. The number of hydrazone groups is 1. The van der Waals surface area contributed by atoms with Crippen LogP contribution in [0.5, 0.6) is 11.5 Å². The third-order valence-corrected chi connectivity index (χ3v) is 5.49. The second-order valence-corrected chi connectivity index (χ2v) is 8.75. The maximum atomic E-state index is 6.23. The fourth-order valence-corrected chi connectivity index (χ4v) is 3.57. The zero-order chi connectivity index (χ0) is 24.0. The Morgan fingerprint density at radius 1 is 1.09 bits per heavy atom. The summed E-state index contributed by atoms with van der Waals surface area (Å²) < 4.78 is 12.3. The highest BCUT2D eigenvalue weighted by molar-refractivity contribution is 9.10. The maximum Gasteiger partial charge on any atom is 0.228 e. The van der Waals surface area contributed by atoms with Crippen molar-refractivity contribution in [3.05, 3.63) is 63.1 Å². The van der Waals surface area contributed by atoms with Crippen LogP contribution in [0.2, 0.25) is 5.02 Å². The van der Waals surface area contributed by atoms with Crippen LogP contribution in [0.4, 0.5) is 17.6 Å². The Morgan fingerprint density at radius 2 is 1.85 bits per heavy atom. The summed E-state index contributed by atoms with van der Waals surface area (Å²) in [6.07, 6.45) is 1.68. The SMILES string of the molecule is COc1cc(/C=N\Nc2cc(N(C)C)nc(N(C)C)n2)cc(Br)c1OCc1ccccc1Cl. The van der Waals surface area contributed by atoms with Crippen LogP contribution in [-0.2, 0) is 6.61 Å². The second-order valence-electron chi connectivity index (χ2n) is 7.48. The summed E-state index contributed by atoms with van der Waals surface area (Å²) >= 11 is 9.80. The van der Waals surface area contributed by atoms with Gasteiger partial charge < -0.3 is 19.3 Å². The number of nitrogens with one attached hydrogen (secondary N) is 1. The standard InChI is InChI=1S/C23H26BrClN6O2/c1-30(2)21-12-20(27-23(28-21)31(3)4)29-26-13-15-10-17(24)22(19(11-15)32-5)33-14-16-8-6-7-9-18(16)25/h6-13H,14H2,1-5H3,(H,27,28,29)/b26-13-. The molecule has 10 heteroatoms.